The van der Waals surface area contributed by atoms with E-state index in [1.54, 1.807) is 7.11 Å². The van der Waals surface area contributed by atoms with Crippen molar-refractivity contribution in [1.29, 1.82) is 0 Å². The lowest BCUT2D eigenvalue weighted by molar-refractivity contribution is -0.302. The topological polar surface area (TPSA) is 97.6 Å². The first-order valence-corrected chi connectivity index (χ1v) is 6.91. The molecule has 1 fully saturated rings. The van der Waals surface area contributed by atoms with Crippen molar-refractivity contribution < 1.29 is 34.3 Å². The molecule has 0 spiro atoms. The van der Waals surface area contributed by atoms with E-state index < -0.39 is 30.7 Å². The zero-order chi connectivity index (χ0) is 15.0. The highest BCUT2D eigenvalue weighted by molar-refractivity contribution is 4.89. The van der Waals surface area contributed by atoms with E-state index in [-0.39, 0.29) is 6.61 Å². The summed E-state index contributed by atoms with van der Waals surface area (Å²) in [4.78, 5) is 0. The first-order chi connectivity index (χ1) is 9.61. The van der Waals surface area contributed by atoms with Crippen LogP contribution in [0, 0.1) is 0 Å². The molecule has 20 heavy (non-hydrogen) atoms. The van der Waals surface area contributed by atoms with Crippen LogP contribution in [0.4, 0.5) is 0 Å². The van der Waals surface area contributed by atoms with Gasteiger partial charge in [-0.05, 0) is 19.3 Å². The summed E-state index contributed by atoms with van der Waals surface area (Å²) in [7, 11) is 3.13. The van der Waals surface area contributed by atoms with Crippen LogP contribution in [0.2, 0.25) is 0 Å². The molecule has 1 aliphatic rings. The molecule has 5 atom stereocenters. The average Bonchev–Trinajstić information content (AvgIpc) is 2.45. The van der Waals surface area contributed by atoms with E-state index >= 15 is 0 Å². The third kappa shape index (κ3) is 5.25. The Bertz CT molecular complexity index is 251. The highest BCUT2D eigenvalue weighted by Crippen LogP contribution is 2.22. The lowest BCUT2D eigenvalue weighted by Crippen LogP contribution is -2.59. The van der Waals surface area contributed by atoms with E-state index in [0.29, 0.717) is 13.2 Å². The van der Waals surface area contributed by atoms with Crippen molar-refractivity contribution in [3.05, 3.63) is 0 Å². The number of aliphatic hydroxyl groups excluding tert-OH is 3. The highest BCUT2D eigenvalue weighted by atomic mass is 16.7. The van der Waals surface area contributed by atoms with E-state index in [4.69, 9.17) is 18.9 Å². The van der Waals surface area contributed by atoms with Crippen molar-refractivity contribution in [2.45, 2.75) is 50.0 Å². The van der Waals surface area contributed by atoms with E-state index in [1.165, 1.54) is 7.11 Å². The Morgan fingerprint density at radius 2 is 1.55 bits per heavy atom. The zero-order valence-corrected chi connectivity index (χ0v) is 12.1. The molecule has 0 saturated carbocycles. The predicted molar refractivity (Wildman–Crippen MR) is 70.2 cm³/mol. The maximum atomic E-state index is 9.81. The largest absolute Gasteiger partial charge is 0.387 e. The van der Waals surface area contributed by atoms with Crippen LogP contribution in [-0.2, 0) is 18.9 Å². The second-order valence-corrected chi connectivity index (χ2v) is 4.89. The van der Waals surface area contributed by atoms with Crippen molar-refractivity contribution >= 4 is 0 Å². The zero-order valence-electron chi connectivity index (χ0n) is 12.1. The average molecular weight is 294 g/mol. The van der Waals surface area contributed by atoms with Crippen molar-refractivity contribution in [2.75, 3.05) is 34.0 Å². The van der Waals surface area contributed by atoms with Gasteiger partial charge in [-0.1, -0.05) is 0 Å². The summed E-state index contributed by atoms with van der Waals surface area (Å²) in [5, 5.41) is 29.3. The number of hydrogen-bond donors (Lipinski definition) is 3. The standard InChI is InChI=1S/C13H26O7/c1-17-6-4-3-5-7-19-13-12(16)11(15)10(14)9(20-13)8-18-2/h9-16H,3-8H2,1-2H3. The van der Waals surface area contributed by atoms with Crippen molar-refractivity contribution in [1.82, 2.24) is 0 Å². The van der Waals surface area contributed by atoms with Gasteiger partial charge in [0.05, 0.1) is 6.61 Å². The van der Waals surface area contributed by atoms with Crippen LogP contribution in [0.5, 0.6) is 0 Å². The quantitative estimate of drug-likeness (QED) is 0.482. The van der Waals surface area contributed by atoms with Crippen LogP contribution in [0.1, 0.15) is 19.3 Å². The minimum absolute atomic E-state index is 0.124. The number of hydrogen-bond acceptors (Lipinski definition) is 7. The Kier molecular flexibility index (Phi) is 8.55. The highest BCUT2D eigenvalue weighted by Gasteiger charge is 2.44. The first-order valence-electron chi connectivity index (χ1n) is 6.91. The molecule has 120 valence electrons. The maximum absolute atomic E-state index is 9.81. The second kappa shape index (κ2) is 9.62. The lowest BCUT2D eigenvalue weighted by atomic mass is 9.99. The molecular weight excluding hydrogens is 268 g/mol. The van der Waals surface area contributed by atoms with Gasteiger partial charge in [0.15, 0.2) is 6.29 Å². The summed E-state index contributed by atoms with van der Waals surface area (Å²) in [5.74, 6) is 0. The molecule has 1 rings (SSSR count). The summed E-state index contributed by atoms with van der Waals surface area (Å²) in [6.45, 7) is 1.25. The van der Waals surface area contributed by atoms with Crippen molar-refractivity contribution in [3.8, 4) is 0 Å². The second-order valence-electron chi connectivity index (χ2n) is 4.89. The van der Waals surface area contributed by atoms with Gasteiger partial charge in [-0.15, -0.1) is 0 Å². The Morgan fingerprint density at radius 1 is 0.850 bits per heavy atom. The van der Waals surface area contributed by atoms with Crippen molar-refractivity contribution in [2.24, 2.45) is 0 Å². The molecule has 7 heteroatoms. The molecule has 1 saturated heterocycles. The smallest absolute Gasteiger partial charge is 0.186 e. The van der Waals surface area contributed by atoms with Gasteiger partial charge in [0.2, 0.25) is 0 Å². The maximum Gasteiger partial charge on any atom is 0.186 e. The third-order valence-corrected chi connectivity index (χ3v) is 3.27. The van der Waals surface area contributed by atoms with Gasteiger partial charge in [0.25, 0.3) is 0 Å². The van der Waals surface area contributed by atoms with E-state index in [0.717, 1.165) is 19.3 Å². The fourth-order valence-electron chi connectivity index (χ4n) is 2.08. The molecule has 1 heterocycles. The lowest BCUT2D eigenvalue weighted by Gasteiger charge is -2.40. The van der Waals surface area contributed by atoms with Gasteiger partial charge in [-0.2, -0.15) is 0 Å². The minimum atomic E-state index is -1.30. The fourth-order valence-corrected chi connectivity index (χ4v) is 2.08. The molecule has 3 N–H and O–H groups in total. The number of rotatable bonds is 9. The number of unbranched alkanes of at least 4 members (excludes halogenated alkanes) is 2. The predicted octanol–water partition coefficient (Wildman–Crippen LogP) is -0.726. The van der Waals surface area contributed by atoms with Gasteiger partial charge in [-0.25, -0.2) is 0 Å². The number of methoxy groups -OCH3 is 2. The van der Waals surface area contributed by atoms with Crippen LogP contribution < -0.4 is 0 Å². The molecule has 0 aromatic rings. The third-order valence-electron chi connectivity index (χ3n) is 3.27. The molecule has 7 nitrogen and oxygen atoms in total. The molecule has 0 aromatic heterocycles. The Balaban J connectivity index is 2.32. The van der Waals surface area contributed by atoms with Gasteiger partial charge in [0.1, 0.15) is 24.4 Å². The van der Waals surface area contributed by atoms with Gasteiger partial charge in [-0.3, -0.25) is 0 Å². The van der Waals surface area contributed by atoms with E-state index in [2.05, 4.69) is 0 Å². The number of aliphatic hydroxyl groups is 3. The SMILES string of the molecule is COCCCCCOC1OC(COC)C(O)C(O)C1O. The Morgan fingerprint density at radius 3 is 2.20 bits per heavy atom. The van der Waals surface area contributed by atoms with Crippen molar-refractivity contribution in [3.63, 3.8) is 0 Å². The van der Waals surface area contributed by atoms with Gasteiger partial charge < -0.3 is 34.3 Å². The van der Waals surface area contributed by atoms with E-state index in [9.17, 15) is 15.3 Å². The summed E-state index contributed by atoms with van der Waals surface area (Å²) in [5.41, 5.74) is 0. The summed E-state index contributed by atoms with van der Waals surface area (Å²) in [6.07, 6.45) is -2.71. The fraction of sp³-hybridized carbons (Fsp3) is 1.00. The Labute approximate surface area is 119 Å². The summed E-state index contributed by atoms with van der Waals surface area (Å²) < 4.78 is 20.7. The summed E-state index contributed by atoms with van der Waals surface area (Å²) >= 11 is 0. The molecule has 0 aromatic carbocycles. The van der Waals surface area contributed by atoms with Crippen LogP contribution in [0.25, 0.3) is 0 Å². The van der Waals surface area contributed by atoms with Crippen LogP contribution in [0.3, 0.4) is 0 Å². The van der Waals surface area contributed by atoms with Gasteiger partial charge in [0, 0.05) is 27.4 Å². The molecule has 0 amide bonds. The minimum Gasteiger partial charge on any atom is -0.387 e. The first kappa shape index (κ1) is 17.8. The van der Waals surface area contributed by atoms with Crippen LogP contribution in [-0.4, -0.2) is 80.1 Å². The van der Waals surface area contributed by atoms with Crippen LogP contribution >= 0.6 is 0 Å². The van der Waals surface area contributed by atoms with Crippen LogP contribution in [0.15, 0.2) is 0 Å². The molecule has 0 bridgehead atoms. The summed E-state index contributed by atoms with van der Waals surface area (Å²) in [6, 6.07) is 0. The molecule has 0 aliphatic carbocycles. The monoisotopic (exact) mass is 294 g/mol. The number of ether oxygens (including phenoxy) is 4. The molecule has 0 radical (unpaired) electrons. The molecule has 5 unspecified atom stereocenters. The molecular formula is C13H26O7. The van der Waals surface area contributed by atoms with Gasteiger partial charge >= 0.3 is 0 Å². The van der Waals surface area contributed by atoms with E-state index in [1.807, 2.05) is 0 Å². The normalized spacial score (nSPS) is 34.4. The Hall–Kier alpha value is -0.280. The molecule has 1 aliphatic heterocycles.